The third kappa shape index (κ3) is 2.69. The van der Waals surface area contributed by atoms with Crippen LogP contribution in [0.25, 0.3) is 0 Å². The maximum Gasteiger partial charge on any atom is 0.114 e. The summed E-state index contributed by atoms with van der Waals surface area (Å²) >= 11 is 1.77. The number of likely N-dealkylation sites (tertiary alicyclic amines) is 1. The first kappa shape index (κ1) is 13.0. The van der Waals surface area contributed by atoms with E-state index in [1.54, 1.807) is 11.3 Å². The Kier molecular flexibility index (Phi) is 3.85. The Morgan fingerprint density at radius 1 is 1.41 bits per heavy atom. The molecule has 1 atom stereocenters. The summed E-state index contributed by atoms with van der Waals surface area (Å²) in [5.74, 6) is 0. The Morgan fingerprint density at radius 3 is 2.65 bits per heavy atom. The van der Waals surface area contributed by atoms with Crippen LogP contribution < -0.4 is 5.32 Å². The minimum atomic E-state index is 0.0760. The molecule has 2 heterocycles. The Bertz CT molecular complexity index is 348. The highest BCUT2D eigenvalue weighted by molar-refractivity contribution is 7.09. The molecule has 1 fully saturated rings. The predicted molar refractivity (Wildman–Crippen MR) is 73.4 cm³/mol. The van der Waals surface area contributed by atoms with E-state index >= 15 is 0 Å². The van der Waals surface area contributed by atoms with Crippen LogP contribution in [-0.4, -0.2) is 35.1 Å². The maximum absolute atomic E-state index is 4.55. The highest BCUT2D eigenvalue weighted by Crippen LogP contribution is 2.34. The van der Waals surface area contributed by atoms with E-state index in [0.717, 1.165) is 19.5 Å². The Morgan fingerprint density at radius 2 is 2.18 bits per heavy atom. The lowest BCUT2D eigenvalue weighted by molar-refractivity contribution is 0.232. The molecule has 1 unspecified atom stereocenters. The molecule has 1 N–H and O–H groups in total. The van der Waals surface area contributed by atoms with Crippen molar-refractivity contribution in [2.45, 2.75) is 51.7 Å². The summed E-state index contributed by atoms with van der Waals surface area (Å²) < 4.78 is 0. The van der Waals surface area contributed by atoms with Crippen molar-refractivity contribution in [2.75, 3.05) is 13.1 Å². The molecule has 3 nitrogen and oxygen atoms in total. The highest BCUT2D eigenvalue weighted by Gasteiger charge is 2.42. The Hall–Kier alpha value is -0.450. The van der Waals surface area contributed by atoms with Gasteiger partial charge < -0.3 is 5.32 Å². The van der Waals surface area contributed by atoms with Gasteiger partial charge in [-0.15, -0.1) is 11.3 Å². The number of aromatic nitrogens is 1. The van der Waals surface area contributed by atoms with Crippen LogP contribution >= 0.6 is 11.3 Å². The van der Waals surface area contributed by atoms with Gasteiger partial charge in [0.05, 0.1) is 5.54 Å². The van der Waals surface area contributed by atoms with Gasteiger partial charge in [-0.3, -0.25) is 4.90 Å². The van der Waals surface area contributed by atoms with Gasteiger partial charge in [0.1, 0.15) is 5.01 Å². The molecule has 0 spiro atoms. The number of hydrogen-bond acceptors (Lipinski definition) is 4. The van der Waals surface area contributed by atoms with Gasteiger partial charge >= 0.3 is 0 Å². The summed E-state index contributed by atoms with van der Waals surface area (Å²) in [5, 5.41) is 7.07. The Balaban J connectivity index is 2.21. The molecule has 0 aliphatic carbocycles. The van der Waals surface area contributed by atoms with E-state index in [9.17, 15) is 0 Å². The lowest BCUT2D eigenvalue weighted by Crippen LogP contribution is -2.48. The van der Waals surface area contributed by atoms with Gasteiger partial charge in [-0.1, -0.05) is 0 Å². The summed E-state index contributed by atoms with van der Waals surface area (Å²) in [4.78, 5) is 7.09. The normalized spacial score (nSPS) is 26.2. The lowest BCUT2D eigenvalue weighted by atomic mass is 9.98. The molecular formula is C13H23N3S. The molecule has 0 bridgehead atoms. The van der Waals surface area contributed by atoms with E-state index in [0.29, 0.717) is 12.1 Å². The molecule has 2 rings (SSSR count). The van der Waals surface area contributed by atoms with Crippen LogP contribution in [0.15, 0.2) is 11.6 Å². The first-order valence-corrected chi connectivity index (χ1v) is 7.33. The second-order valence-electron chi connectivity index (χ2n) is 5.53. The van der Waals surface area contributed by atoms with Gasteiger partial charge in [0, 0.05) is 36.8 Å². The fraction of sp³-hybridized carbons (Fsp3) is 0.769. The van der Waals surface area contributed by atoms with Crippen LogP contribution in [0.1, 0.15) is 39.1 Å². The van der Waals surface area contributed by atoms with Crippen molar-refractivity contribution in [3.8, 4) is 0 Å². The lowest BCUT2D eigenvalue weighted by Gasteiger charge is -2.32. The minimum Gasteiger partial charge on any atom is -0.302 e. The topological polar surface area (TPSA) is 28.2 Å². The second-order valence-corrected chi connectivity index (χ2v) is 6.43. The number of nitrogens with zero attached hydrogens (tertiary/aromatic N) is 2. The van der Waals surface area contributed by atoms with E-state index in [2.05, 4.69) is 48.3 Å². The zero-order valence-electron chi connectivity index (χ0n) is 11.2. The molecule has 1 aromatic rings. The van der Waals surface area contributed by atoms with Gasteiger partial charge in [0.25, 0.3) is 0 Å². The van der Waals surface area contributed by atoms with E-state index in [4.69, 9.17) is 0 Å². The zero-order valence-corrected chi connectivity index (χ0v) is 12.0. The van der Waals surface area contributed by atoms with Crippen molar-refractivity contribution in [1.29, 1.82) is 0 Å². The molecule has 1 aliphatic rings. The minimum absolute atomic E-state index is 0.0760. The van der Waals surface area contributed by atoms with Crippen LogP contribution in [0.4, 0.5) is 0 Å². The molecule has 17 heavy (non-hydrogen) atoms. The second kappa shape index (κ2) is 5.04. The van der Waals surface area contributed by atoms with Crippen molar-refractivity contribution < 1.29 is 0 Å². The van der Waals surface area contributed by atoms with Gasteiger partial charge in [-0.25, -0.2) is 4.98 Å². The highest BCUT2D eigenvalue weighted by atomic mass is 32.1. The first-order valence-electron chi connectivity index (χ1n) is 6.45. The van der Waals surface area contributed by atoms with Crippen molar-refractivity contribution in [2.24, 2.45) is 0 Å². The third-order valence-corrected chi connectivity index (χ3v) is 4.41. The quantitative estimate of drug-likeness (QED) is 0.893. The summed E-state index contributed by atoms with van der Waals surface area (Å²) in [5.41, 5.74) is 0.0760. The van der Waals surface area contributed by atoms with Crippen LogP contribution in [-0.2, 0) is 5.54 Å². The van der Waals surface area contributed by atoms with Crippen molar-refractivity contribution in [3.05, 3.63) is 16.6 Å². The first-order chi connectivity index (χ1) is 8.03. The summed E-state index contributed by atoms with van der Waals surface area (Å²) in [6.45, 7) is 11.2. The number of hydrogen-bond donors (Lipinski definition) is 1. The monoisotopic (exact) mass is 253 g/mol. The van der Waals surface area contributed by atoms with E-state index < -0.39 is 0 Å². The molecule has 0 amide bonds. The average molecular weight is 253 g/mol. The zero-order chi connectivity index (χ0) is 12.5. The van der Waals surface area contributed by atoms with Crippen molar-refractivity contribution in [3.63, 3.8) is 0 Å². The largest absolute Gasteiger partial charge is 0.302 e. The Labute approximate surface area is 108 Å². The molecule has 1 aromatic heterocycles. The summed E-state index contributed by atoms with van der Waals surface area (Å²) in [6, 6.07) is 1.11. The number of nitrogens with one attached hydrogen (secondary N) is 1. The number of rotatable bonds is 4. The van der Waals surface area contributed by atoms with Crippen LogP contribution in [0, 0.1) is 0 Å². The van der Waals surface area contributed by atoms with Gasteiger partial charge in [0.2, 0.25) is 0 Å². The van der Waals surface area contributed by atoms with E-state index in [1.807, 2.05) is 6.20 Å². The predicted octanol–water partition coefficient (Wildman–Crippen LogP) is 2.45. The van der Waals surface area contributed by atoms with Gasteiger partial charge in [0.15, 0.2) is 0 Å². The van der Waals surface area contributed by atoms with E-state index in [-0.39, 0.29) is 5.54 Å². The summed E-state index contributed by atoms with van der Waals surface area (Å²) in [6.07, 6.45) is 3.08. The standard InChI is InChI=1S/C13H23N3S/c1-10(2)15-13(12-14-6-8-17-12)5-7-16(9-13)11(3)4/h6,8,10-11,15H,5,7,9H2,1-4H3. The maximum atomic E-state index is 4.55. The molecule has 0 saturated carbocycles. The smallest absolute Gasteiger partial charge is 0.114 e. The molecule has 0 aromatic carbocycles. The average Bonchev–Trinajstić information content (AvgIpc) is 2.83. The molecular weight excluding hydrogens is 230 g/mol. The fourth-order valence-electron chi connectivity index (χ4n) is 2.65. The van der Waals surface area contributed by atoms with Crippen LogP contribution in [0.5, 0.6) is 0 Å². The summed E-state index contributed by atoms with van der Waals surface area (Å²) in [7, 11) is 0. The molecule has 0 radical (unpaired) electrons. The van der Waals surface area contributed by atoms with E-state index in [1.165, 1.54) is 5.01 Å². The molecule has 96 valence electrons. The van der Waals surface area contributed by atoms with Gasteiger partial charge in [-0.2, -0.15) is 0 Å². The fourth-order valence-corrected chi connectivity index (χ4v) is 3.47. The van der Waals surface area contributed by atoms with Crippen molar-refractivity contribution in [1.82, 2.24) is 15.2 Å². The number of thiazole rings is 1. The van der Waals surface area contributed by atoms with Crippen LogP contribution in [0.3, 0.4) is 0 Å². The molecule has 4 heteroatoms. The third-order valence-electron chi connectivity index (χ3n) is 3.44. The molecule has 1 saturated heterocycles. The van der Waals surface area contributed by atoms with Gasteiger partial charge in [-0.05, 0) is 34.1 Å². The SMILES string of the molecule is CC(C)NC1(c2nccs2)CCN(C(C)C)C1. The molecule has 1 aliphatic heterocycles. The van der Waals surface area contributed by atoms with Crippen LogP contribution in [0.2, 0.25) is 0 Å². The van der Waals surface area contributed by atoms with Crippen molar-refractivity contribution >= 4 is 11.3 Å².